The number of hydrogen-bond donors (Lipinski definition) is 1. The second-order valence-corrected chi connectivity index (χ2v) is 7.06. The summed E-state index contributed by atoms with van der Waals surface area (Å²) in [7, 11) is 0. The molecule has 4 nitrogen and oxygen atoms in total. The fourth-order valence-electron chi connectivity index (χ4n) is 2.57. The maximum absolute atomic E-state index is 13.3. The summed E-state index contributed by atoms with van der Waals surface area (Å²) in [6, 6.07) is 18.3. The van der Waals surface area contributed by atoms with Crippen molar-refractivity contribution in [2.24, 2.45) is 0 Å². The third-order valence-corrected chi connectivity index (χ3v) is 4.85. The molecule has 1 N–H and O–H groups in total. The molecule has 29 heavy (non-hydrogen) atoms. The molecular formula is C21H15BrF2N2O2S. The summed E-state index contributed by atoms with van der Waals surface area (Å²) in [6.07, 6.45) is 3.44. The Balaban J connectivity index is 1.96. The predicted molar refractivity (Wildman–Crippen MR) is 113 cm³/mol. The van der Waals surface area contributed by atoms with E-state index >= 15 is 0 Å². The van der Waals surface area contributed by atoms with Crippen molar-refractivity contribution in [2.45, 2.75) is 6.61 Å². The van der Waals surface area contributed by atoms with Gasteiger partial charge in [0, 0.05) is 22.3 Å². The average Bonchev–Trinajstić information content (AvgIpc) is 2.70. The van der Waals surface area contributed by atoms with Crippen molar-refractivity contribution in [2.75, 3.05) is 5.32 Å². The van der Waals surface area contributed by atoms with Crippen molar-refractivity contribution in [1.29, 1.82) is 0 Å². The maximum Gasteiger partial charge on any atom is 0.387 e. The van der Waals surface area contributed by atoms with Crippen LogP contribution < -0.4 is 19.7 Å². The van der Waals surface area contributed by atoms with Gasteiger partial charge in [-0.1, -0.05) is 52.4 Å². The van der Waals surface area contributed by atoms with Crippen LogP contribution in [-0.2, 0) is 0 Å². The zero-order chi connectivity index (χ0) is 20.8. The first-order valence-electron chi connectivity index (χ1n) is 8.45. The third-order valence-electron chi connectivity index (χ3n) is 3.86. The van der Waals surface area contributed by atoms with Gasteiger partial charge in [-0.3, -0.25) is 0 Å². The Morgan fingerprint density at radius 3 is 2.28 bits per heavy atom. The van der Waals surface area contributed by atoms with E-state index in [1.807, 2.05) is 12.1 Å². The van der Waals surface area contributed by atoms with E-state index in [0.717, 1.165) is 0 Å². The molecule has 1 aromatic heterocycles. The van der Waals surface area contributed by atoms with Crippen LogP contribution in [0.3, 0.4) is 0 Å². The quantitative estimate of drug-likeness (QED) is 0.247. The number of rotatable bonds is 6. The molecule has 2 aromatic carbocycles. The number of benzene rings is 2. The van der Waals surface area contributed by atoms with Crippen molar-refractivity contribution >= 4 is 50.3 Å². The minimum Gasteiger partial charge on any atom is -0.867 e. The Labute approximate surface area is 180 Å². The number of halogens is 3. The van der Waals surface area contributed by atoms with Gasteiger partial charge in [0.05, 0.1) is 0 Å². The molecule has 0 unspecified atom stereocenters. The predicted octanol–water partition coefficient (Wildman–Crippen LogP) is 4.46. The zero-order valence-corrected chi connectivity index (χ0v) is 17.3. The molecule has 0 amide bonds. The molecule has 0 aliphatic heterocycles. The van der Waals surface area contributed by atoms with E-state index in [0.29, 0.717) is 15.7 Å². The standard InChI is InChI=1S/C21H15BrF2N2O2S/c22-17-7-3-2-6-16(17)19(27)18(26-12-4-1-5-13-26)20(29)25-14-8-10-15(11-9-14)28-21(23)24/h1-13,21H,(H-,25,27,29). The van der Waals surface area contributed by atoms with Crippen molar-refractivity contribution in [3.8, 4) is 5.75 Å². The van der Waals surface area contributed by atoms with Gasteiger partial charge in [0.1, 0.15) is 5.75 Å². The van der Waals surface area contributed by atoms with Crippen LogP contribution in [0, 0.1) is 0 Å². The summed E-state index contributed by atoms with van der Waals surface area (Å²) in [4.78, 5) is 0.185. The van der Waals surface area contributed by atoms with Crippen LogP contribution in [0.15, 0.2) is 83.6 Å². The molecular weight excluding hydrogens is 462 g/mol. The lowest BCUT2D eigenvalue weighted by molar-refractivity contribution is -0.577. The number of nitrogens with one attached hydrogen (secondary N) is 1. The lowest BCUT2D eigenvalue weighted by Gasteiger charge is -2.18. The molecule has 1 heterocycles. The van der Waals surface area contributed by atoms with Crippen LogP contribution in [0.4, 0.5) is 14.5 Å². The van der Waals surface area contributed by atoms with Crippen LogP contribution >= 0.6 is 28.1 Å². The minimum absolute atomic E-state index is 0.0300. The first-order valence-corrected chi connectivity index (χ1v) is 9.65. The molecule has 0 bridgehead atoms. The SMILES string of the molecule is [O-]/C(=C(\C(=S)Nc1ccc(OC(F)F)cc1)[n+]1ccccc1)c1ccccc1Br. The number of alkyl halides is 2. The fourth-order valence-corrected chi connectivity index (χ4v) is 3.35. The summed E-state index contributed by atoms with van der Waals surface area (Å²) < 4.78 is 31.2. The number of pyridine rings is 1. The highest BCUT2D eigenvalue weighted by molar-refractivity contribution is 9.10. The Bertz CT molecular complexity index is 1030. The van der Waals surface area contributed by atoms with Crippen molar-refractivity contribution in [3.63, 3.8) is 0 Å². The molecule has 0 aliphatic carbocycles. The van der Waals surface area contributed by atoms with Gasteiger partial charge < -0.3 is 15.2 Å². The van der Waals surface area contributed by atoms with E-state index in [-0.39, 0.29) is 22.2 Å². The highest BCUT2D eigenvalue weighted by atomic mass is 79.9. The number of aromatic nitrogens is 1. The third kappa shape index (κ3) is 5.36. The fraction of sp³-hybridized carbons (Fsp3) is 0.0476. The van der Waals surface area contributed by atoms with Gasteiger partial charge in [-0.2, -0.15) is 13.3 Å². The van der Waals surface area contributed by atoms with E-state index in [1.54, 1.807) is 59.4 Å². The number of anilines is 1. The molecule has 0 aliphatic rings. The summed E-state index contributed by atoms with van der Waals surface area (Å²) >= 11 is 8.90. The molecule has 0 atom stereocenters. The van der Waals surface area contributed by atoms with Crippen molar-refractivity contribution < 1.29 is 23.2 Å². The topological polar surface area (TPSA) is 48.2 Å². The second kappa shape index (κ2) is 9.58. The van der Waals surface area contributed by atoms with Gasteiger partial charge in [0.15, 0.2) is 17.4 Å². The van der Waals surface area contributed by atoms with Gasteiger partial charge in [-0.25, -0.2) is 0 Å². The summed E-state index contributed by atoms with van der Waals surface area (Å²) in [5.41, 5.74) is 1.25. The molecule has 8 heteroatoms. The van der Waals surface area contributed by atoms with Crippen LogP contribution in [0.25, 0.3) is 11.5 Å². The van der Waals surface area contributed by atoms with Crippen molar-refractivity contribution in [1.82, 2.24) is 0 Å². The van der Waals surface area contributed by atoms with Crippen LogP contribution in [0.5, 0.6) is 5.75 Å². The van der Waals surface area contributed by atoms with Gasteiger partial charge in [0.2, 0.25) is 5.70 Å². The highest BCUT2D eigenvalue weighted by Crippen LogP contribution is 2.24. The number of ether oxygens (including phenoxy) is 1. The summed E-state index contributed by atoms with van der Waals surface area (Å²) in [5.74, 6) is -0.244. The van der Waals surface area contributed by atoms with E-state index in [2.05, 4.69) is 26.0 Å². The lowest BCUT2D eigenvalue weighted by atomic mass is 10.1. The van der Waals surface area contributed by atoms with Crippen molar-refractivity contribution in [3.05, 3.63) is 89.2 Å². The summed E-state index contributed by atoms with van der Waals surface area (Å²) in [5, 5.41) is 16.2. The van der Waals surface area contributed by atoms with Gasteiger partial charge in [-0.15, -0.1) is 0 Å². The second-order valence-electron chi connectivity index (χ2n) is 5.80. The number of thiocarbonyl (C=S) groups is 1. The molecule has 0 saturated heterocycles. The van der Waals surface area contributed by atoms with Gasteiger partial charge in [0.25, 0.3) is 0 Å². The first kappa shape index (κ1) is 20.9. The molecule has 0 fully saturated rings. The Hall–Kier alpha value is -2.84. The summed E-state index contributed by atoms with van der Waals surface area (Å²) in [6.45, 7) is -2.90. The number of nitrogens with zero attached hydrogens (tertiary/aromatic N) is 1. The largest absolute Gasteiger partial charge is 0.867 e. The Morgan fingerprint density at radius 1 is 1.00 bits per heavy atom. The first-order chi connectivity index (χ1) is 14.0. The van der Waals surface area contributed by atoms with E-state index in [4.69, 9.17) is 12.2 Å². The van der Waals surface area contributed by atoms with E-state index < -0.39 is 6.61 Å². The van der Waals surface area contributed by atoms with Gasteiger partial charge in [-0.05, 0) is 41.7 Å². The smallest absolute Gasteiger partial charge is 0.387 e. The molecule has 148 valence electrons. The monoisotopic (exact) mass is 476 g/mol. The maximum atomic E-state index is 13.3. The van der Waals surface area contributed by atoms with Gasteiger partial charge >= 0.3 is 6.61 Å². The van der Waals surface area contributed by atoms with E-state index in [9.17, 15) is 13.9 Å². The average molecular weight is 477 g/mol. The molecule has 0 radical (unpaired) electrons. The van der Waals surface area contributed by atoms with Crippen LogP contribution in [0.1, 0.15) is 5.56 Å². The Kier molecular flexibility index (Phi) is 6.90. The molecule has 0 saturated carbocycles. The molecule has 0 spiro atoms. The van der Waals surface area contributed by atoms with Crippen LogP contribution in [0.2, 0.25) is 0 Å². The van der Waals surface area contributed by atoms with E-state index in [1.165, 1.54) is 12.1 Å². The normalized spacial score (nSPS) is 11.7. The van der Waals surface area contributed by atoms with Crippen LogP contribution in [-0.4, -0.2) is 11.6 Å². The molecule has 3 aromatic rings. The lowest BCUT2D eigenvalue weighted by Crippen LogP contribution is -2.39. The molecule has 3 rings (SSSR count). The number of hydrogen-bond acceptors (Lipinski definition) is 3. The zero-order valence-electron chi connectivity index (χ0n) is 14.9. The minimum atomic E-state index is -2.90. The highest BCUT2D eigenvalue weighted by Gasteiger charge is 2.19. The Morgan fingerprint density at radius 2 is 1.66 bits per heavy atom.